The van der Waals surface area contributed by atoms with Crippen molar-refractivity contribution < 1.29 is 13.2 Å². The van der Waals surface area contributed by atoms with E-state index in [2.05, 4.69) is 0 Å². The number of benzene rings is 1. The molecular formula is C14H20N2O3S. The molecule has 1 aromatic rings. The zero-order valence-electron chi connectivity index (χ0n) is 11.6. The lowest BCUT2D eigenvalue weighted by Gasteiger charge is -2.18. The summed E-state index contributed by atoms with van der Waals surface area (Å²) < 4.78 is 32.8. The number of hydrogen-bond donors (Lipinski definition) is 1. The SMILES string of the molecule is Cc1cc2c(c(S(=O)(=O)N3CCCC3)c1)OC(CN)C2. The van der Waals surface area contributed by atoms with Gasteiger partial charge in [0.25, 0.3) is 0 Å². The predicted molar refractivity (Wildman–Crippen MR) is 76.3 cm³/mol. The van der Waals surface area contributed by atoms with Crippen LogP contribution in [0, 0.1) is 6.92 Å². The van der Waals surface area contributed by atoms with Gasteiger partial charge in [0, 0.05) is 26.1 Å². The highest BCUT2D eigenvalue weighted by Gasteiger charge is 2.34. The molecule has 2 aliphatic heterocycles. The second-order valence-electron chi connectivity index (χ2n) is 5.54. The second-order valence-corrected chi connectivity index (χ2v) is 7.45. The molecule has 20 heavy (non-hydrogen) atoms. The number of nitrogens with zero attached hydrogens (tertiary/aromatic N) is 1. The normalized spacial score (nSPS) is 22.8. The van der Waals surface area contributed by atoms with E-state index >= 15 is 0 Å². The van der Waals surface area contributed by atoms with E-state index in [-0.39, 0.29) is 6.10 Å². The maximum absolute atomic E-state index is 12.8. The lowest BCUT2D eigenvalue weighted by molar-refractivity contribution is 0.236. The molecule has 2 N–H and O–H groups in total. The first kappa shape index (κ1) is 13.9. The van der Waals surface area contributed by atoms with Gasteiger partial charge in [0.1, 0.15) is 16.7 Å². The van der Waals surface area contributed by atoms with E-state index < -0.39 is 10.0 Å². The van der Waals surface area contributed by atoms with Gasteiger partial charge in [0.2, 0.25) is 10.0 Å². The average molecular weight is 296 g/mol. The molecule has 2 heterocycles. The fourth-order valence-electron chi connectivity index (χ4n) is 2.94. The Morgan fingerprint density at radius 3 is 2.70 bits per heavy atom. The van der Waals surface area contributed by atoms with Gasteiger partial charge in [-0.3, -0.25) is 0 Å². The Balaban J connectivity index is 2.06. The maximum atomic E-state index is 12.8. The van der Waals surface area contributed by atoms with Gasteiger partial charge >= 0.3 is 0 Å². The standard InChI is InChI=1S/C14H20N2O3S/c1-10-6-11-8-12(9-15)19-14(11)13(7-10)20(17,18)16-4-2-3-5-16/h6-7,12H,2-5,8-9,15H2,1H3. The van der Waals surface area contributed by atoms with Gasteiger partial charge < -0.3 is 10.5 Å². The third kappa shape index (κ3) is 2.21. The van der Waals surface area contributed by atoms with Crippen LogP contribution in [0.1, 0.15) is 24.0 Å². The first-order chi connectivity index (χ1) is 9.52. The highest BCUT2D eigenvalue weighted by atomic mass is 32.2. The molecule has 0 radical (unpaired) electrons. The van der Waals surface area contributed by atoms with Gasteiger partial charge in [-0.25, -0.2) is 8.42 Å². The summed E-state index contributed by atoms with van der Waals surface area (Å²) in [5, 5.41) is 0. The van der Waals surface area contributed by atoms with E-state index in [1.165, 1.54) is 0 Å². The predicted octanol–water partition coefficient (Wildman–Crippen LogP) is 1.04. The molecule has 5 nitrogen and oxygen atoms in total. The van der Waals surface area contributed by atoms with E-state index in [0.717, 1.165) is 24.0 Å². The lowest BCUT2D eigenvalue weighted by Crippen LogP contribution is -2.29. The minimum absolute atomic E-state index is 0.112. The lowest BCUT2D eigenvalue weighted by atomic mass is 10.1. The Bertz CT molecular complexity index is 622. The number of ether oxygens (including phenoxy) is 1. The molecule has 1 aromatic carbocycles. The average Bonchev–Trinajstić information content (AvgIpc) is 3.06. The summed E-state index contributed by atoms with van der Waals surface area (Å²) in [5.74, 6) is 0.512. The number of sulfonamides is 1. The molecule has 1 unspecified atom stereocenters. The monoisotopic (exact) mass is 296 g/mol. The van der Waals surface area contributed by atoms with Gasteiger partial charge in [-0.1, -0.05) is 6.07 Å². The Morgan fingerprint density at radius 2 is 2.05 bits per heavy atom. The van der Waals surface area contributed by atoms with Crippen molar-refractivity contribution in [1.82, 2.24) is 4.31 Å². The summed E-state index contributed by atoms with van der Waals surface area (Å²) in [7, 11) is -3.45. The van der Waals surface area contributed by atoms with Crippen molar-refractivity contribution >= 4 is 10.0 Å². The van der Waals surface area contributed by atoms with Crippen molar-refractivity contribution in [2.75, 3.05) is 19.6 Å². The van der Waals surface area contributed by atoms with E-state index in [9.17, 15) is 8.42 Å². The van der Waals surface area contributed by atoms with Crippen LogP contribution in [0.15, 0.2) is 17.0 Å². The van der Waals surface area contributed by atoms with Crippen molar-refractivity contribution in [3.63, 3.8) is 0 Å². The van der Waals surface area contributed by atoms with Crippen LogP contribution in [0.4, 0.5) is 0 Å². The molecule has 3 rings (SSSR count). The van der Waals surface area contributed by atoms with Crippen molar-refractivity contribution in [2.45, 2.75) is 37.2 Å². The van der Waals surface area contributed by atoms with Crippen LogP contribution in [0.2, 0.25) is 0 Å². The number of nitrogens with two attached hydrogens (primary N) is 1. The summed E-state index contributed by atoms with van der Waals surface area (Å²) in [6.07, 6.45) is 2.44. The van der Waals surface area contributed by atoms with E-state index in [4.69, 9.17) is 10.5 Å². The Hall–Kier alpha value is -1.11. The molecule has 0 bridgehead atoms. The molecule has 6 heteroatoms. The molecule has 1 atom stereocenters. The number of hydrogen-bond acceptors (Lipinski definition) is 4. The molecule has 0 spiro atoms. The zero-order valence-corrected chi connectivity index (χ0v) is 12.4. The fourth-order valence-corrected chi connectivity index (χ4v) is 4.71. The van der Waals surface area contributed by atoms with Crippen molar-refractivity contribution in [2.24, 2.45) is 5.73 Å². The molecule has 2 aliphatic rings. The van der Waals surface area contributed by atoms with Gasteiger partial charge in [-0.2, -0.15) is 4.31 Å². The zero-order chi connectivity index (χ0) is 14.3. The van der Waals surface area contributed by atoms with Crippen LogP contribution in [0.25, 0.3) is 0 Å². The van der Waals surface area contributed by atoms with Crippen LogP contribution >= 0.6 is 0 Å². The molecule has 110 valence electrons. The van der Waals surface area contributed by atoms with Gasteiger partial charge in [0.15, 0.2) is 0 Å². The molecule has 0 aromatic heterocycles. The first-order valence-corrected chi connectivity index (χ1v) is 8.47. The minimum Gasteiger partial charge on any atom is -0.487 e. The van der Waals surface area contributed by atoms with Crippen molar-refractivity contribution in [3.8, 4) is 5.75 Å². The molecule has 0 aliphatic carbocycles. The first-order valence-electron chi connectivity index (χ1n) is 7.03. The summed E-state index contributed by atoms with van der Waals surface area (Å²) in [5.41, 5.74) is 7.55. The van der Waals surface area contributed by atoms with Crippen LogP contribution < -0.4 is 10.5 Å². The number of aryl methyl sites for hydroxylation is 1. The third-order valence-electron chi connectivity index (χ3n) is 3.95. The second kappa shape index (κ2) is 5.02. The van der Waals surface area contributed by atoms with Crippen molar-refractivity contribution in [1.29, 1.82) is 0 Å². The van der Waals surface area contributed by atoms with Crippen molar-refractivity contribution in [3.05, 3.63) is 23.3 Å². The summed E-state index contributed by atoms with van der Waals surface area (Å²) in [6, 6.07) is 3.71. The molecule has 0 saturated carbocycles. The van der Waals surface area contributed by atoms with Gasteiger partial charge in [-0.05, 0) is 37.0 Å². The highest BCUT2D eigenvalue weighted by molar-refractivity contribution is 7.89. The van der Waals surface area contributed by atoms with E-state index in [1.807, 2.05) is 13.0 Å². The number of rotatable bonds is 3. The summed E-state index contributed by atoms with van der Waals surface area (Å²) >= 11 is 0. The van der Waals surface area contributed by atoms with Gasteiger partial charge in [0.05, 0.1) is 0 Å². The molecule has 1 fully saturated rings. The third-order valence-corrected chi connectivity index (χ3v) is 5.86. The Morgan fingerprint density at radius 1 is 1.35 bits per heavy atom. The molecule has 0 amide bonds. The smallest absolute Gasteiger partial charge is 0.246 e. The Labute approximate surface area is 119 Å². The number of fused-ring (bicyclic) bond motifs is 1. The highest BCUT2D eigenvalue weighted by Crippen LogP contribution is 2.38. The largest absolute Gasteiger partial charge is 0.487 e. The fraction of sp³-hybridized carbons (Fsp3) is 0.571. The quantitative estimate of drug-likeness (QED) is 0.904. The van der Waals surface area contributed by atoms with E-state index in [0.29, 0.717) is 36.7 Å². The van der Waals surface area contributed by atoms with Crippen LogP contribution in [-0.2, 0) is 16.4 Å². The summed E-state index contributed by atoms with van der Waals surface area (Å²) in [6.45, 7) is 3.52. The molecule has 1 saturated heterocycles. The van der Waals surface area contributed by atoms with Crippen LogP contribution in [-0.4, -0.2) is 38.5 Å². The van der Waals surface area contributed by atoms with Crippen LogP contribution in [0.3, 0.4) is 0 Å². The Kier molecular flexibility index (Phi) is 3.48. The maximum Gasteiger partial charge on any atom is 0.246 e. The molecular weight excluding hydrogens is 276 g/mol. The topological polar surface area (TPSA) is 72.6 Å². The van der Waals surface area contributed by atoms with Crippen LogP contribution in [0.5, 0.6) is 5.75 Å². The van der Waals surface area contributed by atoms with E-state index in [1.54, 1.807) is 10.4 Å². The minimum atomic E-state index is -3.45. The summed E-state index contributed by atoms with van der Waals surface area (Å²) in [4.78, 5) is 0.311. The van der Waals surface area contributed by atoms with Gasteiger partial charge in [-0.15, -0.1) is 0 Å².